The Labute approximate surface area is 258 Å². The van der Waals surface area contributed by atoms with Crippen LogP contribution in [0.3, 0.4) is 0 Å². The van der Waals surface area contributed by atoms with E-state index in [0.29, 0.717) is 49.4 Å². The Hall–Kier alpha value is -5.71. The molecule has 0 amide bonds. The fraction of sp³-hybridized carbons (Fsp3) is 0.0909. The first-order chi connectivity index (χ1) is 20.2. The Morgan fingerprint density at radius 1 is 0.465 bits per heavy atom. The fourth-order valence-corrected chi connectivity index (χ4v) is 4.50. The molecule has 0 aliphatic heterocycles. The Morgan fingerprint density at radius 2 is 0.721 bits per heavy atom. The third-order valence-corrected chi connectivity index (χ3v) is 6.55. The number of aromatic nitrogens is 3. The second-order valence-corrected chi connectivity index (χ2v) is 9.22. The van der Waals surface area contributed by atoms with Crippen LogP contribution >= 0.6 is 0 Å². The van der Waals surface area contributed by atoms with Crippen molar-refractivity contribution >= 4 is 50.1 Å². The van der Waals surface area contributed by atoms with E-state index in [1.165, 1.54) is 18.2 Å². The van der Waals surface area contributed by atoms with Crippen LogP contribution in [0.5, 0.6) is 17.2 Å². The summed E-state index contributed by atoms with van der Waals surface area (Å²) in [6.07, 6.45) is 4.75. The molecule has 43 heavy (non-hydrogen) atoms. The molecule has 0 fully saturated rings. The zero-order valence-electron chi connectivity index (χ0n) is 23.4. The molecule has 204 valence electrons. The van der Waals surface area contributed by atoms with Crippen LogP contribution in [0.15, 0.2) is 73.2 Å². The number of hydrogen-bond donors (Lipinski definition) is 0. The molecular weight excluding hydrogens is 555 g/mol. The SMILES string of the molecule is Cc1ccnc2c([O-])ccc(C#N)c12.Cc1ccnc2c([O-])ccc(C#N)c12.Cc1ccnc2c([O-])ccc(C#N)c12.[Al+3]. The van der Waals surface area contributed by atoms with E-state index >= 15 is 0 Å². The standard InChI is InChI=1S/3C11H8N2O.Al/c3*1-7-4-5-13-11-9(14)3-2-8(6-12)10(7)11;/h3*2-5,14H,1H3;/q;;;+3/p-3. The van der Waals surface area contributed by atoms with E-state index in [4.69, 9.17) is 15.8 Å². The molecule has 9 nitrogen and oxygen atoms in total. The van der Waals surface area contributed by atoms with Crippen LogP contribution in [-0.2, 0) is 0 Å². The van der Waals surface area contributed by atoms with Gasteiger partial charge in [-0.1, -0.05) is 35.4 Å². The zero-order chi connectivity index (χ0) is 30.4. The number of aryl methyl sites for hydroxylation is 3. The summed E-state index contributed by atoms with van der Waals surface area (Å²) in [5.41, 5.74) is 5.37. The van der Waals surface area contributed by atoms with E-state index in [2.05, 4.69) is 33.2 Å². The molecule has 0 saturated heterocycles. The first-order valence-electron chi connectivity index (χ1n) is 12.6. The van der Waals surface area contributed by atoms with Gasteiger partial charge < -0.3 is 15.3 Å². The van der Waals surface area contributed by atoms with E-state index in [1.54, 1.807) is 55.0 Å². The molecule has 10 heteroatoms. The van der Waals surface area contributed by atoms with Crippen LogP contribution in [0, 0.1) is 54.8 Å². The van der Waals surface area contributed by atoms with Crippen LogP contribution in [-0.4, -0.2) is 32.3 Å². The third kappa shape index (κ3) is 6.46. The van der Waals surface area contributed by atoms with Crippen molar-refractivity contribution < 1.29 is 15.3 Å². The molecule has 3 heterocycles. The van der Waals surface area contributed by atoms with Crippen molar-refractivity contribution in [2.24, 2.45) is 0 Å². The zero-order valence-corrected chi connectivity index (χ0v) is 24.6. The van der Waals surface area contributed by atoms with Gasteiger partial charge in [0.2, 0.25) is 0 Å². The number of nitriles is 3. The molecule has 0 bridgehead atoms. The average Bonchev–Trinajstić information content (AvgIpc) is 3.00. The van der Waals surface area contributed by atoms with Crippen molar-refractivity contribution in [2.45, 2.75) is 20.8 Å². The molecule has 0 unspecified atom stereocenters. The molecule has 6 rings (SSSR count). The van der Waals surface area contributed by atoms with Gasteiger partial charge in [0.1, 0.15) is 0 Å². The molecule has 0 aliphatic rings. The summed E-state index contributed by atoms with van der Waals surface area (Å²) in [6.45, 7) is 5.60. The van der Waals surface area contributed by atoms with E-state index in [-0.39, 0.29) is 34.6 Å². The van der Waals surface area contributed by atoms with Gasteiger partial charge in [-0.3, -0.25) is 15.0 Å². The van der Waals surface area contributed by atoms with Gasteiger partial charge in [-0.05, 0) is 73.9 Å². The van der Waals surface area contributed by atoms with Gasteiger partial charge in [0.05, 0.1) is 51.4 Å². The summed E-state index contributed by atoms with van der Waals surface area (Å²) in [6, 6.07) is 20.3. The molecule has 3 aromatic heterocycles. The van der Waals surface area contributed by atoms with Gasteiger partial charge in [0.25, 0.3) is 0 Å². The third-order valence-electron chi connectivity index (χ3n) is 6.55. The maximum atomic E-state index is 11.4. The largest absolute Gasteiger partial charge is 3.00 e. The van der Waals surface area contributed by atoms with Crippen LogP contribution in [0.2, 0.25) is 0 Å². The van der Waals surface area contributed by atoms with Gasteiger partial charge in [0.15, 0.2) is 0 Å². The summed E-state index contributed by atoms with van der Waals surface area (Å²) in [5.74, 6) is -0.409. The molecule has 6 aromatic rings. The van der Waals surface area contributed by atoms with Crippen molar-refractivity contribution in [3.05, 3.63) is 107 Å². The summed E-state index contributed by atoms with van der Waals surface area (Å²) in [7, 11) is 0. The first kappa shape index (κ1) is 31.8. The second-order valence-electron chi connectivity index (χ2n) is 9.22. The number of rotatable bonds is 0. The monoisotopic (exact) mass is 576 g/mol. The maximum Gasteiger partial charge on any atom is 3.00 e. The van der Waals surface area contributed by atoms with Crippen molar-refractivity contribution in [3.8, 4) is 35.5 Å². The second kappa shape index (κ2) is 13.8. The minimum atomic E-state index is -0.136. The molecule has 0 aliphatic carbocycles. The average molecular weight is 577 g/mol. The van der Waals surface area contributed by atoms with Crippen LogP contribution in [0.1, 0.15) is 33.4 Å². The van der Waals surface area contributed by atoms with Gasteiger partial charge in [-0.2, -0.15) is 15.8 Å². The smallest absolute Gasteiger partial charge is 0.871 e. The van der Waals surface area contributed by atoms with Gasteiger partial charge in [-0.15, -0.1) is 0 Å². The molecule has 0 spiro atoms. The van der Waals surface area contributed by atoms with E-state index in [0.717, 1.165) is 16.7 Å². The fourth-order valence-electron chi connectivity index (χ4n) is 4.50. The van der Waals surface area contributed by atoms with Gasteiger partial charge >= 0.3 is 17.4 Å². The summed E-state index contributed by atoms with van der Waals surface area (Å²) in [5, 5.41) is 62.9. The molecule has 0 radical (unpaired) electrons. The Morgan fingerprint density at radius 3 is 0.953 bits per heavy atom. The molecular formula is C33H21AlN6O3. The number of nitrogens with zero attached hydrogens (tertiary/aromatic N) is 6. The van der Waals surface area contributed by atoms with Crippen molar-refractivity contribution in [3.63, 3.8) is 0 Å². The maximum absolute atomic E-state index is 11.4. The number of fused-ring (bicyclic) bond motifs is 3. The topological polar surface area (TPSA) is 179 Å². The number of hydrogen-bond acceptors (Lipinski definition) is 9. The molecule has 0 saturated carbocycles. The molecule has 0 N–H and O–H groups in total. The minimum absolute atomic E-state index is 0. The van der Waals surface area contributed by atoms with Crippen LogP contribution < -0.4 is 15.3 Å². The van der Waals surface area contributed by atoms with Crippen molar-refractivity contribution in [1.82, 2.24) is 15.0 Å². The van der Waals surface area contributed by atoms with Crippen molar-refractivity contribution in [2.75, 3.05) is 0 Å². The number of benzene rings is 3. The quantitative estimate of drug-likeness (QED) is 0.241. The summed E-state index contributed by atoms with van der Waals surface area (Å²) in [4.78, 5) is 12.0. The van der Waals surface area contributed by atoms with E-state index in [1.807, 2.05) is 20.8 Å². The predicted molar refractivity (Wildman–Crippen MR) is 158 cm³/mol. The Balaban J connectivity index is 0.000000175. The Kier molecular flexibility index (Phi) is 10.2. The molecule has 0 atom stereocenters. The Bertz CT molecular complexity index is 1870. The minimum Gasteiger partial charge on any atom is -0.871 e. The first-order valence-corrected chi connectivity index (χ1v) is 12.6. The predicted octanol–water partition coefficient (Wildman–Crippen LogP) is 4.08. The molecule has 3 aromatic carbocycles. The number of pyridine rings is 3. The van der Waals surface area contributed by atoms with Gasteiger partial charge in [0, 0.05) is 34.7 Å². The summed E-state index contributed by atoms with van der Waals surface area (Å²) >= 11 is 0. The van der Waals surface area contributed by atoms with Crippen LogP contribution in [0.4, 0.5) is 0 Å². The van der Waals surface area contributed by atoms with E-state index < -0.39 is 0 Å². The normalized spacial score (nSPS) is 9.77. The van der Waals surface area contributed by atoms with Crippen molar-refractivity contribution in [1.29, 1.82) is 15.8 Å². The van der Waals surface area contributed by atoms with E-state index in [9.17, 15) is 15.3 Å². The van der Waals surface area contributed by atoms with Gasteiger partial charge in [-0.25, -0.2) is 0 Å². The summed E-state index contributed by atoms with van der Waals surface area (Å²) < 4.78 is 0. The van der Waals surface area contributed by atoms with Crippen LogP contribution in [0.25, 0.3) is 32.7 Å².